The first-order valence-electron chi connectivity index (χ1n) is 4.72. The van der Waals surface area contributed by atoms with Gasteiger partial charge in [0.15, 0.2) is 5.15 Å². The maximum Gasteiger partial charge on any atom is 0.158 e. The van der Waals surface area contributed by atoms with E-state index in [-0.39, 0.29) is 0 Å². The van der Waals surface area contributed by atoms with E-state index in [4.69, 9.17) is 17.3 Å². The summed E-state index contributed by atoms with van der Waals surface area (Å²) in [4.78, 5) is 0. The zero-order chi connectivity index (χ0) is 10.8. The van der Waals surface area contributed by atoms with Crippen molar-refractivity contribution in [2.75, 3.05) is 6.54 Å². The van der Waals surface area contributed by atoms with Gasteiger partial charge in [0.25, 0.3) is 0 Å². The first kappa shape index (κ1) is 10.2. The third-order valence-corrected chi connectivity index (χ3v) is 2.56. The van der Waals surface area contributed by atoms with Gasteiger partial charge in [-0.2, -0.15) is 5.10 Å². The molecule has 4 heteroatoms. The summed E-state index contributed by atoms with van der Waals surface area (Å²) in [6, 6.07) is 5.95. The molecule has 1 aromatic carbocycles. The molecule has 0 saturated carbocycles. The molecule has 0 aliphatic carbocycles. The molecule has 0 bridgehead atoms. The number of para-hydroxylation sites is 1. The van der Waals surface area contributed by atoms with Crippen molar-refractivity contribution >= 4 is 28.6 Å². The second kappa shape index (κ2) is 4.04. The average Bonchev–Trinajstić information content (AvgIpc) is 2.53. The number of benzene rings is 1. The molecule has 0 unspecified atom stereocenters. The molecule has 1 heterocycles. The number of nitrogens with zero attached hydrogens (tertiary/aromatic N) is 2. The minimum absolute atomic E-state index is 0.530. The van der Waals surface area contributed by atoms with E-state index in [0.717, 1.165) is 16.5 Å². The minimum atomic E-state index is 0.530. The maximum atomic E-state index is 6.00. The van der Waals surface area contributed by atoms with Gasteiger partial charge in [-0.25, -0.2) is 0 Å². The van der Waals surface area contributed by atoms with E-state index < -0.39 is 0 Å². The Labute approximate surface area is 93.1 Å². The zero-order valence-electron chi connectivity index (χ0n) is 8.44. The Bertz CT molecular complexity index is 514. The normalized spacial score (nSPS) is 11.7. The summed E-state index contributed by atoms with van der Waals surface area (Å²) in [6.07, 6.45) is 3.90. The Balaban J connectivity index is 2.69. The second-order valence-electron chi connectivity index (χ2n) is 3.30. The number of hydrogen-bond acceptors (Lipinski definition) is 2. The number of nitrogens with two attached hydrogens (primary N) is 1. The van der Waals surface area contributed by atoms with Gasteiger partial charge >= 0.3 is 0 Å². The van der Waals surface area contributed by atoms with Crippen LogP contribution >= 0.6 is 11.6 Å². The lowest BCUT2D eigenvalue weighted by molar-refractivity contribution is 0.797. The Morgan fingerprint density at radius 3 is 3.07 bits per heavy atom. The highest BCUT2D eigenvalue weighted by molar-refractivity contribution is 6.34. The van der Waals surface area contributed by atoms with Crippen LogP contribution in [0.1, 0.15) is 5.56 Å². The van der Waals surface area contributed by atoms with E-state index >= 15 is 0 Å². The van der Waals surface area contributed by atoms with Crippen molar-refractivity contribution in [1.29, 1.82) is 0 Å². The monoisotopic (exact) mass is 221 g/mol. The van der Waals surface area contributed by atoms with Crippen LogP contribution in [0.25, 0.3) is 17.0 Å². The third-order valence-electron chi connectivity index (χ3n) is 2.28. The molecule has 0 saturated heterocycles. The fraction of sp³-hybridized carbons (Fsp3) is 0.182. The maximum absolute atomic E-state index is 6.00. The van der Waals surface area contributed by atoms with Gasteiger partial charge in [0.1, 0.15) is 0 Å². The minimum Gasteiger partial charge on any atom is -0.327 e. The van der Waals surface area contributed by atoms with Crippen molar-refractivity contribution in [2.45, 2.75) is 0 Å². The van der Waals surface area contributed by atoms with Gasteiger partial charge in [0, 0.05) is 24.5 Å². The first-order chi connectivity index (χ1) is 7.24. The van der Waals surface area contributed by atoms with Gasteiger partial charge in [-0.05, 0) is 6.07 Å². The molecule has 0 fully saturated rings. The van der Waals surface area contributed by atoms with Crippen molar-refractivity contribution in [1.82, 2.24) is 9.78 Å². The summed E-state index contributed by atoms with van der Waals surface area (Å²) in [5.74, 6) is 0. The average molecular weight is 222 g/mol. The standard InChI is InChI=1S/C11H12ClN3/c1-15-10-8(5-3-7-13)4-2-6-9(10)11(12)14-15/h2-6H,7,13H2,1H3/b5-3+. The summed E-state index contributed by atoms with van der Waals surface area (Å²) < 4.78 is 1.79. The third kappa shape index (κ3) is 1.76. The quantitative estimate of drug-likeness (QED) is 0.845. The Morgan fingerprint density at radius 2 is 2.33 bits per heavy atom. The largest absolute Gasteiger partial charge is 0.327 e. The number of fused-ring (bicyclic) bond motifs is 1. The molecule has 0 spiro atoms. The molecular formula is C11H12ClN3. The first-order valence-corrected chi connectivity index (χ1v) is 5.09. The molecule has 0 radical (unpaired) electrons. The van der Waals surface area contributed by atoms with Gasteiger partial charge < -0.3 is 5.73 Å². The van der Waals surface area contributed by atoms with Crippen molar-refractivity contribution in [3.63, 3.8) is 0 Å². The van der Waals surface area contributed by atoms with Crippen LogP contribution in [0.3, 0.4) is 0 Å². The predicted octanol–water partition coefficient (Wildman–Crippen LogP) is 2.20. The van der Waals surface area contributed by atoms with Crippen LogP contribution < -0.4 is 5.73 Å². The molecule has 15 heavy (non-hydrogen) atoms. The Kier molecular flexibility index (Phi) is 2.75. The highest BCUT2D eigenvalue weighted by atomic mass is 35.5. The summed E-state index contributed by atoms with van der Waals surface area (Å²) >= 11 is 6.00. The van der Waals surface area contributed by atoms with E-state index in [1.165, 1.54) is 0 Å². The van der Waals surface area contributed by atoms with Gasteiger partial charge in [-0.15, -0.1) is 0 Å². The van der Waals surface area contributed by atoms with E-state index in [1.54, 1.807) is 4.68 Å². The Morgan fingerprint density at radius 1 is 1.53 bits per heavy atom. The summed E-state index contributed by atoms with van der Waals surface area (Å²) in [5.41, 5.74) is 7.55. The van der Waals surface area contributed by atoms with E-state index in [1.807, 2.05) is 37.4 Å². The van der Waals surface area contributed by atoms with Crippen LogP contribution in [0.5, 0.6) is 0 Å². The van der Waals surface area contributed by atoms with Gasteiger partial charge in [-0.1, -0.05) is 35.9 Å². The molecule has 2 N–H and O–H groups in total. The lowest BCUT2D eigenvalue weighted by Gasteiger charge is -1.99. The van der Waals surface area contributed by atoms with Gasteiger partial charge in [0.2, 0.25) is 0 Å². The molecule has 0 aliphatic heterocycles. The summed E-state index contributed by atoms with van der Waals surface area (Å²) in [5, 5.41) is 5.68. The molecule has 2 aromatic rings. The SMILES string of the molecule is Cn1nc(Cl)c2cccc(/C=C/CN)c21. The summed E-state index contributed by atoms with van der Waals surface area (Å²) in [7, 11) is 1.88. The lowest BCUT2D eigenvalue weighted by atomic mass is 10.1. The second-order valence-corrected chi connectivity index (χ2v) is 3.65. The fourth-order valence-corrected chi connectivity index (χ4v) is 1.92. The van der Waals surface area contributed by atoms with Crippen LogP contribution in [0.4, 0.5) is 0 Å². The topological polar surface area (TPSA) is 43.8 Å². The van der Waals surface area contributed by atoms with E-state index in [2.05, 4.69) is 5.10 Å². The van der Waals surface area contributed by atoms with Gasteiger partial charge in [-0.3, -0.25) is 4.68 Å². The molecule has 2 rings (SSSR count). The molecule has 0 aliphatic rings. The van der Waals surface area contributed by atoms with Crippen molar-refractivity contribution in [3.8, 4) is 0 Å². The molecule has 78 valence electrons. The van der Waals surface area contributed by atoms with Crippen LogP contribution in [0.15, 0.2) is 24.3 Å². The highest BCUT2D eigenvalue weighted by Gasteiger charge is 2.08. The van der Waals surface area contributed by atoms with Crippen molar-refractivity contribution < 1.29 is 0 Å². The molecule has 0 amide bonds. The van der Waals surface area contributed by atoms with Crippen LogP contribution in [0, 0.1) is 0 Å². The smallest absolute Gasteiger partial charge is 0.158 e. The summed E-state index contributed by atoms with van der Waals surface area (Å²) in [6.45, 7) is 0.530. The number of aryl methyl sites for hydroxylation is 1. The molecular weight excluding hydrogens is 210 g/mol. The highest BCUT2D eigenvalue weighted by Crippen LogP contribution is 2.25. The molecule has 0 atom stereocenters. The lowest BCUT2D eigenvalue weighted by Crippen LogP contribution is -1.94. The van der Waals surface area contributed by atoms with E-state index in [9.17, 15) is 0 Å². The van der Waals surface area contributed by atoms with Crippen LogP contribution in [-0.4, -0.2) is 16.3 Å². The number of hydrogen-bond donors (Lipinski definition) is 1. The predicted molar refractivity (Wildman–Crippen MR) is 63.8 cm³/mol. The Hall–Kier alpha value is -1.32. The van der Waals surface area contributed by atoms with Gasteiger partial charge in [0.05, 0.1) is 5.52 Å². The van der Waals surface area contributed by atoms with Crippen molar-refractivity contribution in [2.24, 2.45) is 12.8 Å². The van der Waals surface area contributed by atoms with Crippen molar-refractivity contribution in [3.05, 3.63) is 35.0 Å². The zero-order valence-corrected chi connectivity index (χ0v) is 9.20. The van der Waals surface area contributed by atoms with Crippen LogP contribution in [0.2, 0.25) is 5.15 Å². The van der Waals surface area contributed by atoms with Crippen LogP contribution in [-0.2, 0) is 7.05 Å². The molecule has 1 aromatic heterocycles. The number of halogens is 1. The number of aromatic nitrogens is 2. The number of rotatable bonds is 2. The fourth-order valence-electron chi connectivity index (χ4n) is 1.65. The van der Waals surface area contributed by atoms with E-state index in [0.29, 0.717) is 11.7 Å². The molecule has 3 nitrogen and oxygen atoms in total.